The van der Waals surface area contributed by atoms with Crippen molar-refractivity contribution in [3.8, 4) is 0 Å². The molecule has 0 radical (unpaired) electrons. The average molecular weight is 219 g/mol. The number of aromatic nitrogens is 2. The fraction of sp³-hybridized carbons (Fsp3) is 0.0909. The molecular formula is C11H10FN3O. The lowest BCUT2D eigenvalue weighted by Gasteiger charge is -2.02. The molecule has 4 nitrogen and oxygen atoms in total. The van der Waals surface area contributed by atoms with Crippen LogP contribution < -0.4 is 5.32 Å². The van der Waals surface area contributed by atoms with Gasteiger partial charge in [-0.25, -0.2) is 9.37 Å². The van der Waals surface area contributed by atoms with Crippen molar-refractivity contribution in [2.24, 2.45) is 0 Å². The second kappa shape index (κ2) is 4.57. The average Bonchev–Trinajstić information content (AvgIpc) is 2.80. The van der Waals surface area contributed by atoms with Gasteiger partial charge in [-0.3, -0.25) is 4.79 Å². The van der Waals surface area contributed by atoms with Crippen LogP contribution >= 0.6 is 0 Å². The minimum atomic E-state index is -0.456. The second-order valence-electron chi connectivity index (χ2n) is 3.26. The van der Waals surface area contributed by atoms with E-state index in [9.17, 15) is 9.18 Å². The predicted molar refractivity (Wildman–Crippen MR) is 56.2 cm³/mol. The lowest BCUT2D eigenvalue weighted by Crippen LogP contribution is -2.23. The Morgan fingerprint density at radius 3 is 2.94 bits per heavy atom. The van der Waals surface area contributed by atoms with Gasteiger partial charge in [0.05, 0.1) is 6.20 Å². The highest BCUT2D eigenvalue weighted by Crippen LogP contribution is 2.00. The molecule has 82 valence electrons. The number of amides is 1. The Kier molecular flexibility index (Phi) is 2.95. The number of aromatic amines is 1. The smallest absolute Gasteiger partial charge is 0.270 e. The zero-order chi connectivity index (χ0) is 11.4. The summed E-state index contributed by atoms with van der Waals surface area (Å²) in [5.74, 6) is -0.775. The Balaban J connectivity index is 1.95. The first-order valence-electron chi connectivity index (χ1n) is 4.77. The largest absolute Gasteiger partial charge is 0.367 e. The Bertz CT molecular complexity index is 464. The highest BCUT2D eigenvalue weighted by Gasteiger charge is 2.06. The number of hydrogen-bond acceptors (Lipinski definition) is 2. The number of pyridine rings is 1. The number of carbonyl (C=O) groups is 1. The predicted octanol–water partition coefficient (Wildman–Crippen LogP) is 1.48. The van der Waals surface area contributed by atoms with Crippen molar-refractivity contribution >= 4 is 5.91 Å². The summed E-state index contributed by atoms with van der Waals surface area (Å²) < 4.78 is 12.6. The molecule has 1 amide bonds. The van der Waals surface area contributed by atoms with E-state index in [0.717, 1.165) is 11.8 Å². The first-order chi connectivity index (χ1) is 7.75. The van der Waals surface area contributed by atoms with Gasteiger partial charge in [-0.1, -0.05) is 0 Å². The normalized spacial score (nSPS) is 10.1. The molecule has 2 aromatic heterocycles. The van der Waals surface area contributed by atoms with Crippen LogP contribution in [0.2, 0.25) is 0 Å². The molecule has 0 bridgehead atoms. The van der Waals surface area contributed by atoms with Crippen molar-refractivity contribution in [3.05, 3.63) is 53.9 Å². The molecule has 2 N–H and O–H groups in total. The highest BCUT2D eigenvalue weighted by atomic mass is 19.1. The number of nitrogens with one attached hydrogen (secondary N) is 2. The van der Waals surface area contributed by atoms with Crippen LogP contribution in [0, 0.1) is 5.82 Å². The Morgan fingerprint density at radius 1 is 1.44 bits per heavy atom. The lowest BCUT2D eigenvalue weighted by atomic mass is 10.3. The fourth-order valence-corrected chi connectivity index (χ4v) is 1.25. The third-order valence-corrected chi connectivity index (χ3v) is 2.08. The van der Waals surface area contributed by atoms with Crippen molar-refractivity contribution in [1.82, 2.24) is 15.3 Å². The van der Waals surface area contributed by atoms with E-state index in [1.807, 2.05) is 6.07 Å². The summed E-state index contributed by atoms with van der Waals surface area (Å²) in [6.07, 6.45) is 4.58. The van der Waals surface area contributed by atoms with Gasteiger partial charge >= 0.3 is 0 Å². The van der Waals surface area contributed by atoms with Crippen LogP contribution in [0.3, 0.4) is 0 Å². The van der Waals surface area contributed by atoms with E-state index in [2.05, 4.69) is 15.3 Å². The number of rotatable bonds is 3. The standard InChI is InChI=1S/C11H10FN3O/c12-9-1-2-10(14-7-9)11(16)15-6-8-3-4-13-5-8/h1-5,7,13H,6H2,(H,15,16). The van der Waals surface area contributed by atoms with E-state index in [1.54, 1.807) is 12.4 Å². The van der Waals surface area contributed by atoms with Gasteiger partial charge in [-0.2, -0.15) is 0 Å². The number of H-pyrrole nitrogens is 1. The number of nitrogens with zero attached hydrogens (tertiary/aromatic N) is 1. The summed E-state index contributed by atoms with van der Waals surface area (Å²) in [7, 11) is 0. The third-order valence-electron chi connectivity index (χ3n) is 2.08. The van der Waals surface area contributed by atoms with Gasteiger partial charge in [0.25, 0.3) is 5.91 Å². The molecule has 0 unspecified atom stereocenters. The van der Waals surface area contributed by atoms with E-state index in [1.165, 1.54) is 12.1 Å². The van der Waals surface area contributed by atoms with Crippen LogP contribution in [-0.4, -0.2) is 15.9 Å². The molecule has 0 saturated heterocycles. The fourth-order valence-electron chi connectivity index (χ4n) is 1.25. The second-order valence-corrected chi connectivity index (χ2v) is 3.26. The molecule has 0 aliphatic carbocycles. The number of hydrogen-bond donors (Lipinski definition) is 2. The van der Waals surface area contributed by atoms with E-state index >= 15 is 0 Å². The SMILES string of the molecule is O=C(NCc1cc[nH]c1)c1ccc(F)cn1. The van der Waals surface area contributed by atoms with Crippen LogP contribution in [0.25, 0.3) is 0 Å². The van der Waals surface area contributed by atoms with E-state index in [-0.39, 0.29) is 11.6 Å². The van der Waals surface area contributed by atoms with Gasteiger partial charge in [-0.15, -0.1) is 0 Å². The van der Waals surface area contributed by atoms with Gasteiger partial charge in [0.2, 0.25) is 0 Å². The van der Waals surface area contributed by atoms with Gasteiger partial charge in [0, 0.05) is 18.9 Å². The quantitative estimate of drug-likeness (QED) is 0.821. The summed E-state index contributed by atoms with van der Waals surface area (Å²) in [5.41, 5.74) is 1.17. The van der Waals surface area contributed by atoms with Gasteiger partial charge in [0.15, 0.2) is 0 Å². The molecule has 2 heterocycles. The van der Waals surface area contributed by atoms with Crippen molar-refractivity contribution in [3.63, 3.8) is 0 Å². The Hall–Kier alpha value is -2.17. The van der Waals surface area contributed by atoms with Crippen molar-refractivity contribution in [1.29, 1.82) is 0 Å². The molecule has 2 aromatic rings. The number of carbonyl (C=O) groups excluding carboxylic acids is 1. The molecule has 0 atom stereocenters. The molecule has 0 spiro atoms. The maximum atomic E-state index is 12.6. The lowest BCUT2D eigenvalue weighted by molar-refractivity contribution is 0.0946. The molecule has 0 fully saturated rings. The monoisotopic (exact) mass is 219 g/mol. The van der Waals surface area contributed by atoms with Crippen LogP contribution in [0.15, 0.2) is 36.8 Å². The van der Waals surface area contributed by atoms with Gasteiger partial charge in [0.1, 0.15) is 11.5 Å². The third kappa shape index (κ3) is 2.44. The maximum absolute atomic E-state index is 12.6. The van der Waals surface area contributed by atoms with E-state index in [0.29, 0.717) is 6.54 Å². The summed E-state index contributed by atoms with van der Waals surface area (Å²) in [6, 6.07) is 4.42. The van der Waals surface area contributed by atoms with Crippen LogP contribution in [0.4, 0.5) is 4.39 Å². The zero-order valence-electron chi connectivity index (χ0n) is 8.40. The zero-order valence-corrected chi connectivity index (χ0v) is 8.40. The van der Waals surface area contributed by atoms with Gasteiger partial charge in [-0.05, 0) is 23.8 Å². The van der Waals surface area contributed by atoms with Crippen LogP contribution in [-0.2, 0) is 6.54 Å². The highest BCUT2D eigenvalue weighted by molar-refractivity contribution is 5.92. The van der Waals surface area contributed by atoms with Crippen molar-refractivity contribution in [2.75, 3.05) is 0 Å². The minimum Gasteiger partial charge on any atom is -0.367 e. The summed E-state index contributed by atoms with van der Waals surface area (Å²) in [5, 5.41) is 2.68. The summed E-state index contributed by atoms with van der Waals surface area (Å²) in [6.45, 7) is 0.418. The van der Waals surface area contributed by atoms with Crippen LogP contribution in [0.5, 0.6) is 0 Å². The maximum Gasteiger partial charge on any atom is 0.270 e. The molecule has 0 aliphatic rings. The number of halogens is 1. The molecule has 0 aromatic carbocycles. The van der Waals surface area contributed by atoms with E-state index < -0.39 is 5.82 Å². The Labute approximate surface area is 91.5 Å². The first kappa shape index (κ1) is 10.4. The molecule has 16 heavy (non-hydrogen) atoms. The summed E-state index contributed by atoms with van der Waals surface area (Å²) in [4.78, 5) is 18.1. The van der Waals surface area contributed by atoms with Gasteiger partial charge < -0.3 is 10.3 Å². The molecule has 5 heteroatoms. The van der Waals surface area contributed by atoms with Crippen LogP contribution in [0.1, 0.15) is 16.1 Å². The molecule has 0 aliphatic heterocycles. The summed E-state index contributed by atoms with van der Waals surface area (Å²) >= 11 is 0. The molecule has 2 rings (SSSR count). The first-order valence-corrected chi connectivity index (χ1v) is 4.77. The minimum absolute atomic E-state index is 0.205. The van der Waals surface area contributed by atoms with E-state index in [4.69, 9.17) is 0 Å². The van der Waals surface area contributed by atoms with Crippen molar-refractivity contribution < 1.29 is 9.18 Å². The molecular weight excluding hydrogens is 209 g/mol. The molecule has 0 saturated carbocycles. The van der Waals surface area contributed by atoms with Crippen molar-refractivity contribution in [2.45, 2.75) is 6.54 Å². The topological polar surface area (TPSA) is 57.8 Å². The Morgan fingerprint density at radius 2 is 2.31 bits per heavy atom.